The Kier molecular flexibility index (Phi) is 6.18. The first-order valence-electron chi connectivity index (χ1n) is 8.86. The quantitative estimate of drug-likeness (QED) is 0.590. The topological polar surface area (TPSA) is 85.3 Å². The molecule has 0 spiro atoms. The van der Waals surface area contributed by atoms with Gasteiger partial charge in [-0.05, 0) is 42.0 Å². The summed E-state index contributed by atoms with van der Waals surface area (Å²) in [7, 11) is 1.65. The van der Waals surface area contributed by atoms with E-state index < -0.39 is 0 Å². The fourth-order valence-electron chi connectivity index (χ4n) is 2.85. The lowest BCUT2D eigenvalue weighted by atomic mass is 10.1. The van der Waals surface area contributed by atoms with Gasteiger partial charge in [0.15, 0.2) is 0 Å². The molecule has 1 aromatic heterocycles. The third-order valence-corrected chi connectivity index (χ3v) is 4.18. The smallest absolute Gasteiger partial charge is 0.247 e. The molecule has 0 fully saturated rings. The van der Waals surface area contributed by atoms with E-state index in [1.807, 2.05) is 28.9 Å². The second-order valence-electron chi connectivity index (χ2n) is 6.25. The van der Waals surface area contributed by atoms with Crippen molar-refractivity contribution in [3.8, 4) is 0 Å². The first-order chi connectivity index (χ1) is 13.6. The predicted molar refractivity (Wildman–Crippen MR) is 109 cm³/mol. The van der Waals surface area contributed by atoms with Crippen molar-refractivity contribution in [3.63, 3.8) is 0 Å². The van der Waals surface area contributed by atoms with E-state index >= 15 is 0 Å². The van der Waals surface area contributed by atoms with E-state index in [-0.39, 0.29) is 18.2 Å². The Morgan fingerprint density at radius 3 is 2.79 bits per heavy atom. The second kappa shape index (κ2) is 8.96. The van der Waals surface area contributed by atoms with E-state index in [1.165, 1.54) is 6.08 Å². The number of methoxy groups -OCH3 is 1. The molecule has 3 aromatic rings. The van der Waals surface area contributed by atoms with Gasteiger partial charge in [-0.3, -0.25) is 14.3 Å². The van der Waals surface area contributed by atoms with Gasteiger partial charge < -0.3 is 15.4 Å². The van der Waals surface area contributed by atoms with E-state index in [0.29, 0.717) is 24.5 Å². The van der Waals surface area contributed by atoms with Crippen molar-refractivity contribution >= 4 is 34.1 Å². The normalized spacial score (nSPS) is 10.6. The number of hydrogen-bond donors (Lipinski definition) is 2. The van der Waals surface area contributed by atoms with Gasteiger partial charge in [-0.1, -0.05) is 18.7 Å². The number of benzene rings is 2. The van der Waals surface area contributed by atoms with Crippen LogP contribution in [0.1, 0.15) is 5.56 Å². The number of nitrogens with one attached hydrogen (secondary N) is 2. The number of carbonyl (C=O) groups is 2. The van der Waals surface area contributed by atoms with Crippen LogP contribution in [0.25, 0.3) is 10.9 Å². The Labute approximate surface area is 163 Å². The van der Waals surface area contributed by atoms with Gasteiger partial charge in [-0.15, -0.1) is 0 Å². The summed E-state index contributed by atoms with van der Waals surface area (Å²) in [4.78, 5) is 23.9. The van der Waals surface area contributed by atoms with Crippen molar-refractivity contribution in [2.45, 2.75) is 13.0 Å². The fraction of sp³-hybridized carbons (Fsp3) is 0.190. The van der Waals surface area contributed by atoms with Gasteiger partial charge in [-0.2, -0.15) is 5.10 Å². The van der Waals surface area contributed by atoms with Crippen LogP contribution in [0.4, 0.5) is 11.4 Å². The van der Waals surface area contributed by atoms with Crippen molar-refractivity contribution < 1.29 is 14.3 Å². The van der Waals surface area contributed by atoms with Crippen LogP contribution in [0.2, 0.25) is 0 Å². The van der Waals surface area contributed by atoms with E-state index in [1.54, 1.807) is 31.5 Å². The van der Waals surface area contributed by atoms with E-state index in [9.17, 15) is 9.59 Å². The van der Waals surface area contributed by atoms with Crippen LogP contribution in [0, 0.1) is 0 Å². The number of anilines is 2. The minimum absolute atomic E-state index is 0.144. The highest BCUT2D eigenvalue weighted by Gasteiger charge is 2.08. The zero-order valence-electron chi connectivity index (χ0n) is 15.6. The highest BCUT2D eigenvalue weighted by molar-refractivity contribution is 5.99. The van der Waals surface area contributed by atoms with Crippen LogP contribution >= 0.6 is 0 Å². The zero-order chi connectivity index (χ0) is 19.9. The van der Waals surface area contributed by atoms with Crippen molar-refractivity contribution in [3.05, 3.63) is 66.9 Å². The standard InChI is InChI=1S/C21H22N4O3/c1-3-20(26)23-17-6-4-5-15(11-17)12-21(27)24-18-8-7-16-14-22-25(9-10-28-2)19(16)13-18/h3-8,11,13-14H,1,9-10,12H2,2H3,(H,23,26)(H,24,27). The van der Waals surface area contributed by atoms with Crippen LogP contribution in [-0.2, 0) is 27.3 Å². The monoisotopic (exact) mass is 378 g/mol. The third kappa shape index (κ3) is 4.83. The lowest BCUT2D eigenvalue weighted by Crippen LogP contribution is -2.15. The van der Waals surface area contributed by atoms with Crippen LogP contribution in [0.3, 0.4) is 0 Å². The van der Waals surface area contributed by atoms with Crippen LogP contribution in [0.5, 0.6) is 0 Å². The molecule has 0 saturated heterocycles. The van der Waals surface area contributed by atoms with E-state index in [2.05, 4.69) is 22.3 Å². The molecule has 2 aromatic carbocycles. The number of nitrogens with zero attached hydrogens (tertiary/aromatic N) is 2. The number of aromatic nitrogens is 2. The molecule has 0 bridgehead atoms. The highest BCUT2D eigenvalue weighted by Crippen LogP contribution is 2.20. The maximum Gasteiger partial charge on any atom is 0.247 e. The molecule has 3 rings (SSSR count). The van der Waals surface area contributed by atoms with Gasteiger partial charge in [-0.25, -0.2) is 0 Å². The second-order valence-corrected chi connectivity index (χ2v) is 6.25. The lowest BCUT2D eigenvalue weighted by Gasteiger charge is -2.08. The minimum atomic E-state index is -0.292. The summed E-state index contributed by atoms with van der Waals surface area (Å²) in [5, 5.41) is 10.9. The first-order valence-corrected chi connectivity index (χ1v) is 8.86. The molecule has 0 atom stereocenters. The third-order valence-electron chi connectivity index (χ3n) is 4.18. The molecule has 1 heterocycles. The molecular weight excluding hydrogens is 356 g/mol. The lowest BCUT2D eigenvalue weighted by molar-refractivity contribution is -0.115. The Morgan fingerprint density at radius 1 is 1.18 bits per heavy atom. The van der Waals surface area contributed by atoms with Gasteiger partial charge in [0, 0.05) is 23.9 Å². The fourth-order valence-corrected chi connectivity index (χ4v) is 2.85. The molecule has 0 radical (unpaired) electrons. The first kappa shape index (κ1) is 19.3. The largest absolute Gasteiger partial charge is 0.383 e. The van der Waals surface area contributed by atoms with Crippen LogP contribution in [-0.4, -0.2) is 35.3 Å². The van der Waals surface area contributed by atoms with E-state index in [0.717, 1.165) is 16.5 Å². The molecule has 144 valence electrons. The van der Waals surface area contributed by atoms with Gasteiger partial charge in [0.2, 0.25) is 11.8 Å². The summed E-state index contributed by atoms with van der Waals surface area (Å²) in [5.74, 6) is -0.436. The van der Waals surface area contributed by atoms with Crippen molar-refractivity contribution in [2.24, 2.45) is 0 Å². The molecule has 0 aliphatic heterocycles. The van der Waals surface area contributed by atoms with Crippen molar-refractivity contribution in [1.82, 2.24) is 9.78 Å². The Morgan fingerprint density at radius 2 is 2.00 bits per heavy atom. The Bertz CT molecular complexity index is 1010. The number of ether oxygens (including phenoxy) is 1. The maximum atomic E-state index is 12.4. The van der Waals surface area contributed by atoms with Gasteiger partial charge in [0.1, 0.15) is 0 Å². The summed E-state index contributed by atoms with van der Waals surface area (Å²) in [6.07, 6.45) is 3.19. The number of amides is 2. The van der Waals surface area contributed by atoms with E-state index in [4.69, 9.17) is 4.74 Å². The summed E-state index contributed by atoms with van der Waals surface area (Å²) in [5.41, 5.74) is 3.06. The Balaban J connectivity index is 1.68. The molecule has 7 nitrogen and oxygen atoms in total. The number of carbonyl (C=O) groups excluding carboxylic acids is 2. The Hall–Kier alpha value is -3.45. The number of hydrogen-bond acceptors (Lipinski definition) is 4. The summed E-state index contributed by atoms with van der Waals surface area (Å²) >= 11 is 0. The van der Waals surface area contributed by atoms with Crippen molar-refractivity contribution in [1.29, 1.82) is 0 Å². The summed E-state index contributed by atoms with van der Waals surface area (Å²) < 4.78 is 6.95. The number of rotatable bonds is 8. The van der Waals surface area contributed by atoms with Gasteiger partial charge in [0.25, 0.3) is 0 Å². The van der Waals surface area contributed by atoms with Crippen LogP contribution < -0.4 is 10.6 Å². The number of fused-ring (bicyclic) bond motifs is 1. The molecule has 0 aliphatic rings. The highest BCUT2D eigenvalue weighted by atomic mass is 16.5. The molecule has 2 amide bonds. The summed E-state index contributed by atoms with van der Waals surface area (Å²) in [6.45, 7) is 4.63. The van der Waals surface area contributed by atoms with Crippen molar-refractivity contribution in [2.75, 3.05) is 24.4 Å². The van der Waals surface area contributed by atoms with Crippen LogP contribution in [0.15, 0.2) is 61.3 Å². The molecule has 28 heavy (non-hydrogen) atoms. The SMILES string of the molecule is C=CC(=O)Nc1cccc(CC(=O)Nc2ccc3cnn(CCOC)c3c2)c1. The predicted octanol–water partition coefficient (Wildman–Crippen LogP) is 2.99. The maximum absolute atomic E-state index is 12.4. The van der Waals surface area contributed by atoms with Gasteiger partial charge in [0.05, 0.1) is 31.3 Å². The molecule has 0 saturated carbocycles. The minimum Gasteiger partial charge on any atom is -0.383 e. The zero-order valence-corrected chi connectivity index (χ0v) is 15.6. The molecular formula is C21H22N4O3. The molecule has 0 aliphatic carbocycles. The van der Waals surface area contributed by atoms with Gasteiger partial charge >= 0.3 is 0 Å². The molecule has 2 N–H and O–H groups in total. The molecule has 0 unspecified atom stereocenters. The average molecular weight is 378 g/mol. The average Bonchev–Trinajstić information content (AvgIpc) is 3.08. The molecule has 7 heteroatoms. The summed E-state index contributed by atoms with van der Waals surface area (Å²) in [6, 6.07) is 12.8.